The van der Waals surface area contributed by atoms with E-state index in [1.54, 1.807) is 19.3 Å². The molecule has 4 heteroatoms. The second-order valence-electron chi connectivity index (χ2n) is 5.98. The zero-order chi connectivity index (χ0) is 15.0. The van der Waals surface area contributed by atoms with Gasteiger partial charge in [0, 0.05) is 25.5 Å². The first-order valence-electron chi connectivity index (χ1n) is 7.40. The highest BCUT2D eigenvalue weighted by atomic mass is 16.1. The van der Waals surface area contributed by atoms with E-state index < -0.39 is 0 Å². The molecule has 1 heterocycles. The number of amides is 1. The normalized spacial score (nSPS) is 11.2. The standard InChI is InChI=1S/C16H27N3O/c1-5-6-7-9-16(2,3)12-19-13-8-10-18-14(11-13)15(20)17-4/h8,10-11H,5-7,9,12H2,1-4H3,(H,17,20)(H,18,19). The van der Waals surface area contributed by atoms with Gasteiger partial charge in [-0.2, -0.15) is 0 Å². The second kappa shape index (κ2) is 7.88. The third kappa shape index (κ3) is 5.59. The molecule has 0 radical (unpaired) electrons. The van der Waals surface area contributed by atoms with E-state index in [1.807, 2.05) is 6.07 Å². The van der Waals surface area contributed by atoms with Gasteiger partial charge in [-0.3, -0.25) is 9.78 Å². The number of aromatic nitrogens is 1. The van der Waals surface area contributed by atoms with Crippen LogP contribution < -0.4 is 10.6 Å². The Morgan fingerprint density at radius 2 is 2.10 bits per heavy atom. The monoisotopic (exact) mass is 277 g/mol. The van der Waals surface area contributed by atoms with E-state index in [0.29, 0.717) is 5.69 Å². The van der Waals surface area contributed by atoms with Crippen molar-refractivity contribution < 1.29 is 4.79 Å². The lowest BCUT2D eigenvalue weighted by molar-refractivity contribution is 0.0958. The third-order valence-corrected chi connectivity index (χ3v) is 3.45. The quantitative estimate of drug-likeness (QED) is 0.715. The maximum atomic E-state index is 11.5. The summed E-state index contributed by atoms with van der Waals surface area (Å²) in [6.07, 6.45) is 6.69. The van der Waals surface area contributed by atoms with Crippen LogP contribution in [-0.2, 0) is 0 Å². The highest BCUT2D eigenvalue weighted by molar-refractivity contribution is 5.92. The maximum Gasteiger partial charge on any atom is 0.269 e. The summed E-state index contributed by atoms with van der Waals surface area (Å²) in [7, 11) is 1.61. The number of pyridine rings is 1. The maximum absolute atomic E-state index is 11.5. The van der Waals surface area contributed by atoms with E-state index in [4.69, 9.17) is 0 Å². The molecule has 1 aromatic heterocycles. The number of hydrogen-bond acceptors (Lipinski definition) is 3. The first-order valence-corrected chi connectivity index (χ1v) is 7.40. The summed E-state index contributed by atoms with van der Waals surface area (Å²) in [4.78, 5) is 15.6. The number of carbonyl (C=O) groups is 1. The zero-order valence-corrected chi connectivity index (χ0v) is 13.1. The predicted octanol–water partition coefficient (Wildman–Crippen LogP) is 3.46. The molecule has 0 aromatic carbocycles. The van der Waals surface area contributed by atoms with Gasteiger partial charge in [0.2, 0.25) is 0 Å². The van der Waals surface area contributed by atoms with E-state index in [2.05, 4.69) is 36.4 Å². The molecule has 1 amide bonds. The summed E-state index contributed by atoms with van der Waals surface area (Å²) in [6, 6.07) is 3.69. The van der Waals surface area contributed by atoms with Crippen LogP contribution in [-0.4, -0.2) is 24.5 Å². The van der Waals surface area contributed by atoms with Gasteiger partial charge in [0.1, 0.15) is 5.69 Å². The van der Waals surface area contributed by atoms with Gasteiger partial charge >= 0.3 is 0 Å². The van der Waals surface area contributed by atoms with Crippen molar-refractivity contribution in [3.05, 3.63) is 24.0 Å². The van der Waals surface area contributed by atoms with Crippen molar-refractivity contribution in [2.45, 2.75) is 46.5 Å². The third-order valence-electron chi connectivity index (χ3n) is 3.45. The fourth-order valence-corrected chi connectivity index (χ4v) is 2.08. The first-order chi connectivity index (χ1) is 9.48. The number of anilines is 1. The van der Waals surface area contributed by atoms with Crippen LogP contribution in [0.5, 0.6) is 0 Å². The summed E-state index contributed by atoms with van der Waals surface area (Å²) >= 11 is 0. The molecule has 4 nitrogen and oxygen atoms in total. The number of unbranched alkanes of at least 4 members (excludes halogenated alkanes) is 2. The number of nitrogens with one attached hydrogen (secondary N) is 2. The first kappa shape index (κ1) is 16.5. The number of rotatable bonds is 8. The smallest absolute Gasteiger partial charge is 0.269 e. The molecule has 0 saturated carbocycles. The van der Waals surface area contributed by atoms with Crippen LogP contribution in [0, 0.1) is 5.41 Å². The fraction of sp³-hybridized carbons (Fsp3) is 0.625. The van der Waals surface area contributed by atoms with Crippen molar-refractivity contribution in [1.82, 2.24) is 10.3 Å². The molecule has 1 rings (SSSR count). The van der Waals surface area contributed by atoms with Gasteiger partial charge in [0.25, 0.3) is 5.91 Å². The molecule has 0 atom stereocenters. The Kier molecular flexibility index (Phi) is 6.49. The average molecular weight is 277 g/mol. The van der Waals surface area contributed by atoms with E-state index in [9.17, 15) is 4.79 Å². The van der Waals surface area contributed by atoms with Crippen LogP contribution in [0.15, 0.2) is 18.3 Å². The van der Waals surface area contributed by atoms with Crippen LogP contribution in [0.2, 0.25) is 0 Å². The molecule has 0 bridgehead atoms. The van der Waals surface area contributed by atoms with E-state index >= 15 is 0 Å². The van der Waals surface area contributed by atoms with E-state index in [0.717, 1.165) is 12.2 Å². The lowest BCUT2D eigenvalue weighted by Gasteiger charge is -2.25. The summed E-state index contributed by atoms with van der Waals surface area (Å²) < 4.78 is 0. The van der Waals surface area contributed by atoms with E-state index in [1.165, 1.54) is 25.7 Å². The van der Waals surface area contributed by atoms with Crippen molar-refractivity contribution in [2.75, 3.05) is 18.9 Å². The van der Waals surface area contributed by atoms with Gasteiger partial charge in [0.15, 0.2) is 0 Å². The van der Waals surface area contributed by atoms with Gasteiger partial charge in [-0.25, -0.2) is 0 Å². The van der Waals surface area contributed by atoms with Crippen molar-refractivity contribution in [1.29, 1.82) is 0 Å². The molecule has 112 valence electrons. The van der Waals surface area contributed by atoms with Crippen LogP contribution in [0.4, 0.5) is 5.69 Å². The Balaban J connectivity index is 2.54. The van der Waals surface area contributed by atoms with E-state index in [-0.39, 0.29) is 11.3 Å². The molecule has 2 N–H and O–H groups in total. The molecule has 0 aliphatic carbocycles. The summed E-state index contributed by atoms with van der Waals surface area (Å²) in [5.74, 6) is -0.157. The minimum absolute atomic E-state index is 0.157. The predicted molar refractivity (Wildman–Crippen MR) is 84.0 cm³/mol. The van der Waals surface area contributed by atoms with Crippen LogP contribution in [0.1, 0.15) is 56.9 Å². The summed E-state index contributed by atoms with van der Waals surface area (Å²) in [6.45, 7) is 7.67. The minimum atomic E-state index is -0.157. The lowest BCUT2D eigenvalue weighted by atomic mass is 9.87. The molecule has 1 aromatic rings. The molecule has 0 saturated heterocycles. The topological polar surface area (TPSA) is 54.0 Å². The van der Waals surface area contributed by atoms with Gasteiger partial charge in [-0.15, -0.1) is 0 Å². The molecule has 0 spiro atoms. The van der Waals surface area contributed by atoms with Crippen LogP contribution in [0.3, 0.4) is 0 Å². The Bertz CT molecular complexity index is 429. The number of nitrogens with zero attached hydrogens (tertiary/aromatic N) is 1. The molecule has 0 aliphatic heterocycles. The van der Waals surface area contributed by atoms with Crippen LogP contribution in [0.25, 0.3) is 0 Å². The molecule has 20 heavy (non-hydrogen) atoms. The highest BCUT2D eigenvalue weighted by Gasteiger charge is 2.17. The Hall–Kier alpha value is -1.58. The molecule has 0 unspecified atom stereocenters. The zero-order valence-electron chi connectivity index (χ0n) is 13.1. The summed E-state index contributed by atoms with van der Waals surface area (Å²) in [5.41, 5.74) is 1.65. The Labute approximate surface area is 122 Å². The lowest BCUT2D eigenvalue weighted by Crippen LogP contribution is -2.23. The Morgan fingerprint density at radius 3 is 2.75 bits per heavy atom. The largest absolute Gasteiger partial charge is 0.384 e. The fourth-order valence-electron chi connectivity index (χ4n) is 2.08. The summed E-state index contributed by atoms with van der Waals surface area (Å²) in [5, 5.41) is 6.00. The van der Waals surface area contributed by atoms with Gasteiger partial charge in [-0.05, 0) is 24.0 Å². The molecule has 0 aliphatic rings. The number of hydrogen-bond donors (Lipinski definition) is 2. The molecule has 0 fully saturated rings. The van der Waals surface area contributed by atoms with Gasteiger partial charge < -0.3 is 10.6 Å². The van der Waals surface area contributed by atoms with Crippen LogP contribution >= 0.6 is 0 Å². The van der Waals surface area contributed by atoms with Crippen molar-refractivity contribution in [2.24, 2.45) is 5.41 Å². The number of carbonyl (C=O) groups excluding carboxylic acids is 1. The highest BCUT2D eigenvalue weighted by Crippen LogP contribution is 2.24. The average Bonchev–Trinajstić information content (AvgIpc) is 2.45. The second-order valence-corrected chi connectivity index (χ2v) is 5.98. The van der Waals surface area contributed by atoms with Crippen molar-refractivity contribution >= 4 is 11.6 Å². The minimum Gasteiger partial charge on any atom is -0.384 e. The van der Waals surface area contributed by atoms with Gasteiger partial charge in [-0.1, -0.05) is 40.0 Å². The van der Waals surface area contributed by atoms with Crippen molar-refractivity contribution in [3.63, 3.8) is 0 Å². The van der Waals surface area contributed by atoms with Gasteiger partial charge in [0.05, 0.1) is 0 Å². The SMILES string of the molecule is CCCCCC(C)(C)CNc1ccnc(C(=O)NC)c1. The Morgan fingerprint density at radius 1 is 1.35 bits per heavy atom. The molecular formula is C16H27N3O. The van der Waals surface area contributed by atoms with Crippen molar-refractivity contribution in [3.8, 4) is 0 Å². The molecular weight excluding hydrogens is 250 g/mol.